The van der Waals surface area contributed by atoms with Crippen LogP contribution in [0.4, 0.5) is 0 Å². The molecule has 2 rings (SSSR count). The van der Waals surface area contributed by atoms with Gasteiger partial charge in [0.05, 0.1) is 0 Å². The Labute approximate surface area is 135 Å². The summed E-state index contributed by atoms with van der Waals surface area (Å²) in [5, 5.41) is 0. The third kappa shape index (κ3) is 4.47. The first-order valence-electron chi connectivity index (χ1n) is 6.75. The summed E-state index contributed by atoms with van der Waals surface area (Å²) in [5.41, 5.74) is 7.09. The highest BCUT2D eigenvalue weighted by Gasteiger charge is 2.34. The minimum absolute atomic E-state index is 0. The van der Waals surface area contributed by atoms with Gasteiger partial charge in [0.1, 0.15) is 0 Å². The van der Waals surface area contributed by atoms with Gasteiger partial charge in [-0.2, -0.15) is 0 Å². The number of halogens is 2. The van der Waals surface area contributed by atoms with E-state index in [-0.39, 0.29) is 23.7 Å². The molecule has 1 saturated heterocycles. The Balaban J connectivity index is 0.00000200. The van der Waals surface area contributed by atoms with E-state index in [1.807, 2.05) is 17.0 Å². The second kappa shape index (κ2) is 7.43. The Morgan fingerprint density at radius 1 is 1.40 bits per heavy atom. The molecule has 1 heterocycles. The van der Waals surface area contributed by atoms with Gasteiger partial charge in [0.25, 0.3) is 0 Å². The van der Waals surface area contributed by atoms with Crippen LogP contribution < -0.4 is 5.73 Å². The van der Waals surface area contributed by atoms with E-state index < -0.39 is 0 Å². The average Bonchev–Trinajstić information content (AvgIpc) is 2.81. The van der Waals surface area contributed by atoms with E-state index in [0.29, 0.717) is 13.0 Å². The molecular formula is C15H22BrClN2O. The summed E-state index contributed by atoms with van der Waals surface area (Å²) < 4.78 is 1.07. The summed E-state index contributed by atoms with van der Waals surface area (Å²) >= 11 is 3.41. The zero-order chi connectivity index (χ0) is 13.9. The molecule has 1 atom stereocenters. The Morgan fingerprint density at radius 3 is 2.60 bits per heavy atom. The largest absolute Gasteiger partial charge is 0.342 e. The highest BCUT2D eigenvalue weighted by atomic mass is 79.9. The van der Waals surface area contributed by atoms with Crippen molar-refractivity contribution in [1.29, 1.82) is 0 Å². The second-order valence-corrected chi connectivity index (χ2v) is 6.62. The van der Waals surface area contributed by atoms with Crippen molar-refractivity contribution < 1.29 is 4.79 Å². The third-order valence-corrected chi connectivity index (χ3v) is 4.47. The Hall–Kier alpha value is -0.580. The topological polar surface area (TPSA) is 46.3 Å². The number of likely N-dealkylation sites (tertiary alicyclic amines) is 1. The van der Waals surface area contributed by atoms with E-state index in [4.69, 9.17) is 5.73 Å². The van der Waals surface area contributed by atoms with Gasteiger partial charge >= 0.3 is 0 Å². The minimum Gasteiger partial charge on any atom is -0.342 e. The lowest BCUT2D eigenvalue weighted by Gasteiger charge is -2.22. The maximum Gasteiger partial charge on any atom is 0.222 e. The molecule has 0 aromatic heterocycles. The molecule has 0 saturated carbocycles. The second-order valence-electron chi connectivity index (χ2n) is 5.71. The van der Waals surface area contributed by atoms with E-state index in [2.05, 4.69) is 35.0 Å². The number of carbonyl (C=O) groups excluding carboxylic acids is 1. The first-order chi connectivity index (χ1) is 9.02. The lowest BCUT2D eigenvalue weighted by molar-refractivity contribution is -0.130. The normalized spacial score (nSPS) is 21.6. The van der Waals surface area contributed by atoms with Crippen LogP contribution in [-0.4, -0.2) is 30.4 Å². The number of hydrogen-bond acceptors (Lipinski definition) is 2. The maximum absolute atomic E-state index is 12.2. The zero-order valence-electron chi connectivity index (χ0n) is 11.8. The minimum atomic E-state index is 0. The number of hydrogen-bond donors (Lipinski definition) is 1. The van der Waals surface area contributed by atoms with Crippen LogP contribution in [0.15, 0.2) is 28.7 Å². The fourth-order valence-corrected chi connectivity index (χ4v) is 2.73. The van der Waals surface area contributed by atoms with Gasteiger partial charge in [0.15, 0.2) is 0 Å². The quantitative estimate of drug-likeness (QED) is 0.896. The maximum atomic E-state index is 12.2. The van der Waals surface area contributed by atoms with Gasteiger partial charge in [-0.1, -0.05) is 35.0 Å². The number of aryl methyl sites for hydroxylation is 1. The van der Waals surface area contributed by atoms with Crippen molar-refractivity contribution in [2.45, 2.75) is 26.2 Å². The first-order valence-corrected chi connectivity index (χ1v) is 7.54. The van der Waals surface area contributed by atoms with Gasteiger partial charge in [-0.15, -0.1) is 12.4 Å². The molecule has 1 aliphatic rings. The fraction of sp³-hybridized carbons (Fsp3) is 0.533. The summed E-state index contributed by atoms with van der Waals surface area (Å²) in [6, 6.07) is 8.15. The van der Waals surface area contributed by atoms with E-state index in [9.17, 15) is 4.79 Å². The molecule has 1 aliphatic heterocycles. The fourth-order valence-electron chi connectivity index (χ4n) is 2.46. The summed E-state index contributed by atoms with van der Waals surface area (Å²) in [7, 11) is 0. The number of amides is 1. The first kappa shape index (κ1) is 17.5. The number of rotatable bonds is 4. The molecule has 0 radical (unpaired) electrons. The summed E-state index contributed by atoms with van der Waals surface area (Å²) in [6.45, 7) is 4.48. The molecule has 20 heavy (non-hydrogen) atoms. The molecule has 1 amide bonds. The molecule has 5 heteroatoms. The lowest BCUT2D eigenvalue weighted by Crippen LogP contribution is -2.34. The predicted octanol–water partition coefficient (Wildman–Crippen LogP) is 3.00. The van der Waals surface area contributed by atoms with Crippen molar-refractivity contribution in [1.82, 2.24) is 4.90 Å². The molecule has 0 aliphatic carbocycles. The molecule has 1 fully saturated rings. The van der Waals surface area contributed by atoms with Crippen molar-refractivity contribution in [3.8, 4) is 0 Å². The SMILES string of the molecule is CC1(CN)CCN(C(=O)CCc2ccc(Br)cc2)C1.Cl. The van der Waals surface area contributed by atoms with Crippen molar-refractivity contribution >= 4 is 34.2 Å². The average molecular weight is 362 g/mol. The molecule has 0 bridgehead atoms. The smallest absolute Gasteiger partial charge is 0.222 e. The monoisotopic (exact) mass is 360 g/mol. The van der Waals surface area contributed by atoms with E-state index in [1.165, 1.54) is 5.56 Å². The van der Waals surface area contributed by atoms with Gasteiger partial charge in [0.2, 0.25) is 5.91 Å². The Kier molecular flexibility index (Phi) is 6.49. The Bertz CT molecular complexity index is 452. The lowest BCUT2D eigenvalue weighted by atomic mass is 9.90. The number of carbonyl (C=O) groups is 1. The van der Waals surface area contributed by atoms with Crippen LogP contribution in [0.5, 0.6) is 0 Å². The molecular weight excluding hydrogens is 340 g/mol. The van der Waals surface area contributed by atoms with Gasteiger partial charge in [-0.05, 0) is 42.5 Å². The van der Waals surface area contributed by atoms with Crippen molar-refractivity contribution in [2.75, 3.05) is 19.6 Å². The van der Waals surface area contributed by atoms with Gasteiger partial charge in [0, 0.05) is 24.0 Å². The molecule has 3 nitrogen and oxygen atoms in total. The molecule has 112 valence electrons. The molecule has 1 unspecified atom stereocenters. The van der Waals surface area contributed by atoms with Crippen molar-refractivity contribution in [3.63, 3.8) is 0 Å². The standard InChI is InChI=1S/C15H21BrN2O.ClH/c1-15(10-17)8-9-18(11-15)14(19)7-4-12-2-5-13(16)6-3-12;/h2-3,5-6H,4,7-11,17H2,1H3;1H. The molecule has 1 aromatic carbocycles. The van der Waals surface area contributed by atoms with Crippen LogP contribution in [0, 0.1) is 5.41 Å². The predicted molar refractivity (Wildman–Crippen MR) is 88.1 cm³/mol. The molecule has 2 N–H and O–H groups in total. The highest BCUT2D eigenvalue weighted by molar-refractivity contribution is 9.10. The van der Waals surface area contributed by atoms with Crippen LogP contribution in [0.2, 0.25) is 0 Å². The van der Waals surface area contributed by atoms with Crippen LogP contribution in [0.3, 0.4) is 0 Å². The number of benzene rings is 1. The van der Waals surface area contributed by atoms with Gasteiger partial charge < -0.3 is 10.6 Å². The van der Waals surface area contributed by atoms with Gasteiger partial charge in [-0.3, -0.25) is 4.79 Å². The van der Waals surface area contributed by atoms with E-state index >= 15 is 0 Å². The summed E-state index contributed by atoms with van der Waals surface area (Å²) in [6.07, 6.45) is 2.41. The van der Waals surface area contributed by atoms with Crippen LogP contribution >= 0.6 is 28.3 Å². The molecule has 0 spiro atoms. The summed E-state index contributed by atoms with van der Waals surface area (Å²) in [5.74, 6) is 0.250. The zero-order valence-corrected chi connectivity index (χ0v) is 14.2. The van der Waals surface area contributed by atoms with Crippen LogP contribution in [0.25, 0.3) is 0 Å². The summed E-state index contributed by atoms with van der Waals surface area (Å²) in [4.78, 5) is 14.1. The number of nitrogens with zero attached hydrogens (tertiary/aromatic N) is 1. The van der Waals surface area contributed by atoms with Crippen LogP contribution in [-0.2, 0) is 11.2 Å². The van der Waals surface area contributed by atoms with Crippen LogP contribution in [0.1, 0.15) is 25.3 Å². The Morgan fingerprint density at radius 2 is 2.05 bits per heavy atom. The highest BCUT2D eigenvalue weighted by Crippen LogP contribution is 2.28. The van der Waals surface area contributed by atoms with E-state index in [1.54, 1.807) is 0 Å². The van der Waals surface area contributed by atoms with Crippen molar-refractivity contribution in [2.24, 2.45) is 11.1 Å². The molecule has 1 aromatic rings. The van der Waals surface area contributed by atoms with Crippen molar-refractivity contribution in [3.05, 3.63) is 34.3 Å². The van der Waals surface area contributed by atoms with Gasteiger partial charge in [-0.25, -0.2) is 0 Å². The van der Waals surface area contributed by atoms with E-state index in [0.717, 1.165) is 30.4 Å². The third-order valence-electron chi connectivity index (χ3n) is 3.94. The number of nitrogens with two attached hydrogens (primary N) is 1.